The van der Waals surface area contributed by atoms with E-state index in [2.05, 4.69) is 5.10 Å². The minimum atomic E-state index is -2.63. The highest BCUT2D eigenvalue weighted by atomic mass is 19.3. The number of ether oxygens (including phenoxy) is 1. The van der Waals surface area contributed by atoms with Crippen LogP contribution in [0.4, 0.5) is 14.5 Å². The van der Waals surface area contributed by atoms with Crippen LogP contribution in [0.1, 0.15) is 18.9 Å². The SMILES string of the molecule is CCn1cc(Oc2ccc(N)cc2C(F)F)cn1. The van der Waals surface area contributed by atoms with E-state index in [1.54, 1.807) is 10.9 Å². The predicted octanol–water partition coefficient (Wildman–Crippen LogP) is 3.22. The monoisotopic (exact) mass is 253 g/mol. The van der Waals surface area contributed by atoms with Gasteiger partial charge >= 0.3 is 0 Å². The van der Waals surface area contributed by atoms with E-state index in [0.29, 0.717) is 12.3 Å². The molecule has 2 aromatic rings. The zero-order valence-electron chi connectivity index (χ0n) is 9.81. The van der Waals surface area contributed by atoms with Gasteiger partial charge in [-0.05, 0) is 25.1 Å². The third-order valence-electron chi connectivity index (χ3n) is 2.43. The highest BCUT2D eigenvalue weighted by Gasteiger charge is 2.15. The summed E-state index contributed by atoms with van der Waals surface area (Å²) in [5.41, 5.74) is 5.54. The Bertz CT molecular complexity index is 540. The number of alkyl halides is 2. The Balaban J connectivity index is 2.28. The van der Waals surface area contributed by atoms with Crippen molar-refractivity contribution < 1.29 is 13.5 Å². The van der Waals surface area contributed by atoms with Gasteiger partial charge in [0, 0.05) is 12.2 Å². The van der Waals surface area contributed by atoms with Gasteiger partial charge in [-0.25, -0.2) is 8.78 Å². The van der Waals surface area contributed by atoms with Crippen LogP contribution in [0, 0.1) is 0 Å². The second-order valence-electron chi connectivity index (χ2n) is 3.73. The topological polar surface area (TPSA) is 53.1 Å². The van der Waals surface area contributed by atoms with Crippen LogP contribution in [0.2, 0.25) is 0 Å². The van der Waals surface area contributed by atoms with Gasteiger partial charge in [0.1, 0.15) is 5.75 Å². The molecule has 1 aromatic heterocycles. The fraction of sp³-hybridized carbons (Fsp3) is 0.250. The average molecular weight is 253 g/mol. The van der Waals surface area contributed by atoms with Gasteiger partial charge in [-0.3, -0.25) is 4.68 Å². The Kier molecular flexibility index (Phi) is 3.45. The lowest BCUT2D eigenvalue weighted by Crippen LogP contribution is -1.95. The molecule has 0 saturated heterocycles. The van der Waals surface area contributed by atoms with Crippen LogP contribution in [0.25, 0.3) is 0 Å². The number of halogens is 2. The molecule has 0 atom stereocenters. The van der Waals surface area contributed by atoms with E-state index in [9.17, 15) is 8.78 Å². The first kappa shape index (κ1) is 12.3. The van der Waals surface area contributed by atoms with Crippen molar-refractivity contribution >= 4 is 5.69 Å². The van der Waals surface area contributed by atoms with Crippen molar-refractivity contribution in [2.75, 3.05) is 5.73 Å². The van der Waals surface area contributed by atoms with Crippen LogP contribution < -0.4 is 10.5 Å². The second-order valence-corrected chi connectivity index (χ2v) is 3.73. The highest BCUT2D eigenvalue weighted by molar-refractivity contribution is 5.49. The van der Waals surface area contributed by atoms with E-state index in [0.717, 1.165) is 0 Å². The first-order valence-electron chi connectivity index (χ1n) is 5.48. The van der Waals surface area contributed by atoms with Crippen LogP contribution in [0.5, 0.6) is 11.5 Å². The lowest BCUT2D eigenvalue weighted by molar-refractivity contribution is 0.148. The fourth-order valence-corrected chi connectivity index (χ4v) is 1.53. The van der Waals surface area contributed by atoms with E-state index in [4.69, 9.17) is 10.5 Å². The van der Waals surface area contributed by atoms with Crippen LogP contribution >= 0.6 is 0 Å². The molecule has 0 saturated carbocycles. The Morgan fingerprint density at radius 2 is 2.22 bits per heavy atom. The molecule has 0 amide bonds. The zero-order chi connectivity index (χ0) is 13.1. The Morgan fingerprint density at radius 3 is 2.83 bits per heavy atom. The van der Waals surface area contributed by atoms with E-state index in [1.165, 1.54) is 24.4 Å². The number of rotatable bonds is 4. The Labute approximate surface area is 103 Å². The van der Waals surface area contributed by atoms with E-state index in [-0.39, 0.29) is 17.0 Å². The van der Waals surface area contributed by atoms with Crippen LogP contribution in [0.15, 0.2) is 30.6 Å². The van der Waals surface area contributed by atoms with Crippen LogP contribution in [0.3, 0.4) is 0 Å². The number of benzene rings is 1. The Hall–Kier alpha value is -2.11. The molecular weight excluding hydrogens is 240 g/mol. The largest absolute Gasteiger partial charge is 0.454 e. The molecule has 0 aliphatic rings. The summed E-state index contributed by atoms with van der Waals surface area (Å²) in [6.07, 6.45) is 0.491. The van der Waals surface area contributed by atoms with Crippen LogP contribution in [-0.2, 0) is 6.54 Å². The molecule has 2 rings (SSSR count). The molecule has 6 heteroatoms. The molecule has 0 bridgehead atoms. The minimum Gasteiger partial charge on any atom is -0.454 e. The van der Waals surface area contributed by atoms with Crippen molar-refractivity contribution in [3.05, 3.63) is 36.2 Å². The molecule has 0 fully saturated rings. The van der Waals surface area contributed by atoms with E-state index >= 15 is 0 Å². The second kappa shape index (κ2) is 5.03. The summed E-state index contributed by atoms with van der Waals surface area (Å²) in [5.74, 6) is 0.512. The zero-order valence-corrected chi connectivity index (χ0v) is 9.81. The quantitative estimate of drug-likeness (QED) is 0.851. The lowest BCUT2D eigenvalue weighted by atomic mass is 10.2. The minimum absolute atomic E-state index is 0.0925. The molecule has 0 aliphatic carbocycles. The summed E-state index contributed by atoms with van der Waals surface area (Å²) in [4.78, 5) is 0. The van der Waals surface area contributed by atoms with Crippen molar-refractivity contribution in [3.8, 4) is 11.5 Å². The third-order valence-corrected chi connectivity index (χ3v) is 2.43. The number of nitrogens with zero attached hydrogens (tertiary/aromatic N) is 2. The summed E-state index contributed by atoms with van der Waals surface area (Å²) in [7, 11) is 0. The Morgan fingerprint density at radius 1 is 1.44 bits per heavy atom. The first-order valence-corrected chi connectivity index (χ1v) is 5.48. The number of hydrogen-bond acceptors (Lipinski definition) is 3. The standard InChI is InChI=1S/C12H13F2N3O/c1-2-17-7-9(6-16-17)18-11-4-3-8(15)5-10(11)12(13)14/h3-7,12H,2,15H2,1H3. The number of nitrogen functional groups attached to an aromatic ring is 1. The van der Waals surface area contributed by atoms with Gasteiger partial charge in [0.15, 0.2) is 5.75 Å². The van der Waals surface area contributed by atoms with Crippen molar-refractivity contribution in [3.63, 3.8) is 0 Å². The molecule has 18 heavy (non-hydrogen) atoms. The average Bonchev–Trinajstić information content (AvgIpc) is 2.79. The summed E-state index contributed by atoms with van der Waals surface area (Å²) < 4.78 is 32.7. The summed E-state index contributed by atoms with van der Waals surface area (Å²) >= 11 is 0. The highest BCUT2D eigenvalue weighted by Crippen LogP contribution is 2.33. The maximum absolute atomic E-state index is 12.8. The third kappa shape index (κ3) is 2.58. The van der Waals surface area contributed by atoms with E-state index in [1.807, 2.05) is 6.92 Å². The van der Waals surface area contributed by atoms with Gasteiger partial charge in [0.25, 0.3) is 6.43 Å². The molecular formula is C12H13F2N3O. The molecule has 0 aliphatic heterocycles. The van der Waals surface area contributed by atoms with Crippen molar-refractivity contribution in [2.45, 2.75) is 19.9 Å². The van der Waals surface area contributed by atoms with Crippen molar-refractivity contribution in [2.24, 2.45) is 0 Å². The lowest BCUT2D eigenvalue weighted by Gasteiger charge is -2.09. The normalized spacial score (nSPS) is 10.9. The fourth-order valence-electron chi connectivity index (χ4n) is 1.53. The predicted molar refractivity (Wildman–Crippen MR) is 63.8 cm³/mol. The molecule has 0 radical (unpaired) electrons. The van der Waals surface area contributed by atoms with Crippen molar-refractivity contribution in [1.82, 2.24) is 9.78 Å². The molecule has 2 N–H and O–H groups in total. The van der Waals surface area contributed by atoms with Gasteiger partial charge in [0.05, 0.1) is 18.0 Å². The van der Waals surface area contributed by atoms with Gasteiger partial charge in [-0.1, -0.05) is 0 Å². The van der Waals surface area contributed by atoms with E-state index < -0.39 is 6.43 Å². The molecule has 1 heterocycles. The summed E-state index contributed by atoms with van der Waals surface area (Å²) in [6.45, 7) is 2.61. The summed E-state index contributed by atoms with van der Waals surface area (Å²) in [6, 6.07) is 4.16. The first-order chi connectivity index (χ1) is 8.60. The van der Waals surface area contributed by atoms with Crippen LogP contribution in [-0.4, -0.2) is 9.78 Å². The smallest absolute Gasteiger partial charge is 0.267 e. The molecule has 96 valence electrons. The molecule has 0 unspecified atom stereocenters. The number of nitrogens with two attached hydrogens (primary N) is 1. The maximum atomic E-state index is 12.8. The number of aromatic nitrogens is 2. The van der Waals surface area contributed by atoms with Gasteiger partial charge in [-0.2, -0.15) is 5.10 Å². The van der Waals surface area contributed by atoms with Gasteiger partial charge in [0.2, 0.25) is 0 Å². The van der Waals surface area contributed by atoms with Crippen molar-refractivity contribution in [1.29, 1.82) is 0 Å². The van der Waals surface area contributed by atoms with Gasteiger partial charge in [-0.15, -0.1) is 0 Å². The molecule has 1 aromatic carbocycles. The summed E-state index contributed by atoms with van der Waals surface area (Å²) in [5, 5.41) is 4.00. The maximum Gasteiger partial charge on any atom is 0.267 e. The number of hydrogen-bond donors (Lipinski definition) is 1. The van der Waals surface area contributed by atoms with Gasteiger partial charge < -0.3 is 10.5 Å². The number of aryl methyl sites for hydroxylation is 1. The number of anilines is 1. The molecule has 0 spiro atoms. The molecule has 4 nitrogen and oxygen atoms in total.